The molecule has 0 saturated heterocycles. The smallest absolute Gasteiger partial charge is 0.127 e. The van der Waals surface area contributed by atoms with Crippen LogP contribution in [-0.4, -0.2) is 0 Å². The molecule has 0 spiro atoms. The molecule has 1 heteroatoms. The van der Waals surface area contributed by atoms with Crippen LogP contribution in [0.1, 0.15) is 117 Å². The average molecular weight is 423 g/mol. The normalized spacial score (nSPS) is 12.2. The van der Waals surface area contributed by atoms with Crippen molar-refractivity contribution in [2.24, 2.45) is 0 Å². The summed E-state index contributed by atoms with van der Waals surface area (Å²) in [6.45, 7) is 14.0. The Hall–Kier alpha value is -1.76. The van der Waals surface area contributed by atoms with E-state index in [4.69, 9.17) is 4.74 Å². The first-order valence-electron chi connectivity index (χ1n) is 12.7. The quantitative estimate of drug-likeness (QED) is 0.275. The lowest BCUT2D eigenvalue weighted by Crippen LogP contribution is -2.17. The fraction of sp³-hybridized carbons (Fsp3) is 0.600. The van der Waals surface area contributed by atoms with Crippen molar-refractivity contribution in [3.8, 4) is 11.5 Å². The second-order valence-electron chi connectivity index (χ2n) is 10.5. The Morgan fingerprint density at radius 2 is 0.871 bits per heavy atom. The van der Waals surface area contributed by atoms with Crippen molar-refractivity contribution in [2.45, 2.75) is 117 Å². The average Bonchev–Trinajstić information content (AvgIpc) is 2.75. The van der Waals surface area contributed by atoms with E-state index in [1.807, 2.05) is 0 Å². The molecule has 0 aliphatic heterocycles. The third-order valence-corrected chi connectivity index (χ3v) is 6.82. The largest absolute Gasteiger partial charge is 0.457 e. The third kappa shape index (κ3) is 8.36. The lowest BCUT2D eigenvalue weighted by atomic mass is 9.80. The van der Waals surface area contributed by atoms with E-state index in [1.165, 1.54) is 75.3 Å². The highest BCUT2D eigenvalue weighted by atomic mass is 16.5. The molecule has 2 aromatic rings. The van der Waals surface area contributed by atoms with Crippen LogP contribution in [-0.2, 0) is 10.8 Å². The number of benzene rings is 2. The van der Waals surface area contributed by atoms with Crippen LogP contribution in [0.4, 0.5) is 0 Å². The molecule has 31 heavy (non-hydrogen) atoms. The molecule has 0 heterocycles. The standard InChI is InChI=1S/C30H46O/c1-7-9-11-13-23-29(3,4)25-15-19-27(20-16-25)31-28-21-17-26(18-22-28)30(5,6)24-14-12-10-8-2/h15-22H,7-14,23-24H2,1-6H3. The molecule has 0 aliphatic rings. The van der Waals surface area contributed by atoms with Crippen LogP contribution in [0.15, 0.2) is 48.5 Å². The van der Waals surface area contributed by atoms with Crippen LogP contribution < -0.4 is 4.74 Å². The topological polar surface area (TPSA) is 9.23 Å². The highest BCUT2D eigenvalue weighted by molar-refractivity contribution is 5.37. The van der Waals surface area contributed by atoms with E-state index in [1.54, 1.807) is 0 Å². The van der Waals surface area contributed by atoms with E-state index in [-0.39, 0.29) is 10.8 Å². The Morgan fingerprint density at radius 1 is 0.516 bits per heavy atom. The van der Waals surface area contributed by atoms with Crippen molar-refractivity contribution >= 4 is 0 Å². The van der Waals surface area contributed by atoms with E-state index < -0.39 is 0 Å². The minimum absolute atomic E-state index is 0.219. The molecule has 0 unspecified atom stereocenters. The predicted octanol–water partition coefficient (Wildman–Crippen LogP) is 9.97. The molecule has 2 rings (SSSR count). The maximum Gasteiger partial charge on any atom is 0.127 e. The SMILES string of the molecule is CCCCCCC(C)(C)c1ccc(Oc2ccc(C(C)(C)CCCCCC)cc2)cc1. The molecule has 2 aromatic carbocycles. The third-order valence-electron chi connectivity index (χ3n) is 6.82. The van der Waals surface area contributed by atoms with E-state index in [2.05, 4.69) is 90.1 Å². The number of ether oxygens (including phenoxy) is 1. The highest BCUT2D eigenvalue weighted by Crippen LogP contribution is 2.33. The minimum Gasteiger partial charge on any atom is -0.457 e. The first-order valence-corrected chi connectivity index (χ1v) is 12.7. The van der Waals surface area contributed by atoms with Crippen molar-refractivity contribution in [3.63, 3.8) is 0 Å². The van der Waals surface area contributed by atoms with E-state index in [0.717, 1.165) is 11.5 Å². The molecule has 0 bridgehead atoms. The minimum atomic E-state index is 0.219. The van der Waals surface area contributed by atoms with Gasteiger partial charge in [0.1, 0.15) is 11.5 Å². The summed E-state index contributed by atoms with van der Waals surface area (Å²) in [5.41, 5.74) is 3.24. The summed E-state index contributed by atoms with van der Waals surface area (Å²) >= 11 is 0. The van der Waals surface area contributed by atoms with Crippen LogP contribution in [0, 0.1) is 0 Å². The molecule has 0 saturated carbocycles. The van der Waals surface area contributed by atoms with E-state index in [9.17, 15) is 0 Å². The fourth-order valence-electron chi connectivity index (χ4n) is 4.36. The summed E-state index contributed by atoms with van der Waals surface area (Å²) in [5, 5.41) is 0. The lowest BCUT2D eigenvalue weighted by molar-refractivity contribution is 0.442. The first-order chi connectivity index (χ1) is 14.8. The van der Waals surface area contributed by atoms with Gasteiger partial charge in [-0.3, -0.25) is 0 Å². The zero-order valence-electron chi connectivity index (χ0n) is 21.1. The maximum atomic E-state index is 6.14. The summed E-state index contributed by atoms with van der Waals surface area (Å²) in [5.74, 6) is 1.83. The van der Waals surface area contributed by atoms with Gasteiger partial charge in [0, 0.05) is 0 Å². The predicted molar refractivity (Wildman–Crippen MR) is 137 cm³/mol. The van der Waals surface area contributed by atoms with Gasteiger partial charge in [-0.15, -0.1) is 0 Å². The van der Waals surface area contributed by atoms with Gasteiger partial charge in [0.25, 0.3) is 0 Å². The Morgan fingerprint density at radius 3 is 1.19 bits per heavy atom. The van der Waals surface area contributed by atoms with Crippen molar-refractivity contribution in [3.05, 3.63) is 59.7 Å². The molecule has 0 aromatic heterocycles. The molecule has 172 valence electrons. The van der Waals surface area contributed by atoms with Gasteiger partial charge in [-0.1, -0.05) is 117 Å². The summed E-state index contributed by atoms with van der Waals surface area (Å²) in [4.78, 5) is 0. The second-order valence-corrected chi connectivity index (χ2v) is 10.5. The molecular weight excluding hydrogens is 376 g/mol. The van der Waals surface area contributed by atoms with Crippen LogP contribution >= 0.6 is 0 Å². The van der Waals surface area contributed by atoms with Crippen molar-refractivity contribution in [1.29, 1.82) is 0 Å². The van der Waals surface area contributed by atoms with Gasteiger partial charge in [0.2, 0.25) is 0 Å². The molecule has 0 radical (unpaired) electrons. The van der Waals surface area contributed by atoms with E-state index in [0.29, 0.717) is 0 Å². The van der Waals surface area contributed by atoms with Gasteiger partial charge in [-0.25, -0.2) is 0 Å². The number of hydrogen-bond acceptors (Lipinski definition) is 1. The van der Waals surface area contributed by atoms with Gasteiger partial charge < -0.3 is 4.74 Å². The second kappa shape index (κ2) is 12.3. The zero-order chi connectivity index (χ0) is 22.7. The van der Waals surface area contributed by atoms with Crippen molar-refractivity contribution in [1.82, 2.24) is 0 Å². The summed E-state index contributed by atoms with van der Waals surface area (Å²) in [6, 6.07) is 17.4. The number of unbranched alkanes of at least 4 members (excludes halogenated alkanes) is 6. The molecule has 0 N–H and O–H groups in total. The fourth-order valence-corrected chi connectivity index (χ4v) is 4.36. The molecule has 0 aliphatic carbocycles. The lowest BCUT2D eigenvalue weighted by Gasteiger charge is -2.26. The summed E-state index contributed by atoms with van der Waals surface area (Å²) < 4.78 is 6.14. The van der Waals surface area contributed by atoms with Crippen LogP contribution in [0.25, 0.3) is 0 Å². The van der Waals surface area contributed by atoms with E-state index >= 15 is 0 Å². The Balaban J connectivity index is 1.93. The number of rotatable bonds is 14. The monoisotopic (exact) mass is 422 g/mol. The maximum absolute atomic E-state index is 6.14. The molecule has 0 amide bonds. The van der Waals surface area contributed by atoms with Crippen molar-refractivity contribution in [2.75, 3.05) is 0 Å². The van der Waals surface area contributed by atoms with Crippen LogP contribution in [0.5, 0.6) is 11.5 Å². The number of hydrogen-bond donors (Lipinski definition) is 0. The Labute approximate surface area is 192 Å². The molecule has 0 atom stereocenters. The highest BCUT2D eigenvalue weighted by Gasteiger charge is 2.21. The van der Waals surface area contributed by atoms with Gasteiger partial charge in [-0.2, -0.15) is 0 Å². The van der Waals surface area contributed by atoms with Gasteiger partial charge in [0.15, 0.2) is 0 Å². The van der Waals surface area contributed by atoms with Crippen LogP contribution in [0.3, 0.4) is 0 Å². The van der Waals surface area contributed by atoms with Gasteiger partial charge in [0.05, 0.1) is 0 Å². The summed E-state index contributed by atoms with van der Waals surface area (Å²) in [6.07, 6.45) is 13.1. The zero-order valence-corrected chi connectivity index (χ0v) is 21.1. The van der Waals surface area contributed by atoms with Gasteiger partial charge >= 0.3 is 0 Å². The first kappa shape index (κ1) is 25.5. The van der Waals surface area contributed by atoms with Gasteiger partial charge in [-0.05, 0) is 59.1 Å². The molecule has 0 fully saturated rings. The molecular formula is C30H46O. The summed E-state index contributed by atoms with van der Waals surface area (Å²) in [7, 11) is 0. The Kier molecular flexibility index (Phi) is 10.1. The van der Waals surface area contributed by atoms with Crippen molar-refractivity contribution < 1.29 is 4.74 Å². The Bertz CT molecular complexity index is 671. The molecule has 1 nitrogen and oxygen atoms in total. The van der Waals surface area contributed by atoms with Crippen LogP contribution in [0.2, 0.25) is 0 Å².